The number of hydrogen-bond acceptors (Lipinski definition) is 1. The standard InChI is InChI=1S/C29H40O/c1-20(12-13-21-9-5-4-6-10-21)27-26(30)19-25-23-15-14-22-11-7-8-17-28(22,2)24(23)16-18-29(25,27)3/h4-7,9-11,14,20,23-27,30H,8,12-13,15-19H2,1-3H3/t20?,23-,24+,25+,26+,27+,28+,29+/m1/s1. The lowest BCUT2D eigenvalue weighted by atomic mass is 9.47. The Balaban J connectivity index is 1.36. The third-order valence-corrected chi connectivity index (χ3v) is 10.1. The fourth-order valence-electron chi connectivity index (χ4n) is 8.60. The van der Waals surface area contributed by atoms with E-state index in [4.69, 9.17) is 0 Å². The zero-order chi connectivity index (χ0) is 20.9. The first-order chi connectivity index (χ1) is 14.4. The molecule has 162 valence electrons. The van der Waals surface area contributed by atoms with Gasteiger partial charge in [0.25, 0.3) is 0 Å². The van der Waals surface area contributed by atoms with Crippen LogP contribution >= 0.6 is 0 Å². The molecule has 0 spiro atoms. The average molecular weight is 405 g/mol. The number of rotatable bonds is 4. The van der Waals surface area contributed by atoms with Gasteiger partial charge in [0.15, 0.2) is 0 Å². The molecule has 0 heterocycles. The Morgan fingerprint density at radius 1 is 1.10 bits per heavy atom. The second-order valence-corrected chi connectivity index (χ2v) is 11.5. The summed E-state index contributed by atoms with van der Waals surface area (Å²) >= 11 is 0. The van der Waals surface area contributed by atoms with E-state index in [9.17, 15) is 5.11 Å². The molecule has 0 aliphatic heterocycles. The van der Waals surface area contributed by atoms with E-state index in [0.29, 0.717) is 28.6 Å². The normalized spacial score (nSPS) is 43.3. The van der Waals surface area contributed by atoms with E-state index in [1.807, 2.05) is 0 Å². The minimum absolute atomic E-state index is 0.117. The molecule has 0 amide bonds. The zero-order valence-electron chi connectivity index (χ0n) is 19.2. The van der Waals surface area contributed by atoms with Crippen molar-refractivity contribution in [3.63, 3.8) is 0 Å². The summed E-state index contributed by atoms with van der Waals surface area (Å²) in [6.07, 6.45) is 17.1. The van der Waals surface area contributed by atoms with Crippen LogP contribution in [0.2, 0.25) is 0 Å². The zero-order valence-corrected chi connectivity index (χ0v) is 19.2. The highest BCUT2D eigenvalue weighted by Crippen LogP contribution is 2.66. The largest absolute Gasteiger partial charge is 0.393 e. The highest BCUT2D eigenvalue weighted by molar-refractivity contribution is 5.34. The first kappa shape index (κ1) is 20.6. The van der Waals surface area contributed by atoms with Gasteiger partial charge in [-0.05, 0) is 103 Å². The Morgan fingerprint density at radius 2 is 1.90 bits per heavy atom. The van der Waals surface area contributed by atoms with Crippen molar-refractivity contribution in [2.75, 3.05) is 0 Å². The SMILES string of the molecule is CC(CCc1ccccc1)[C@H]1[C@@H](O)C[C@H]2[C@@H]3CC=C4C=CCC[C@]4(C)[C@H]3CC[C@@]21C. The third-order valence-electron chi connectivity index (χ3n) is 10.1. The van der Waals surface area contributed by atoms with Gasteiger partial charge in [0.2, 0.25) is 0 Å². The van der Waals surface area contributed by atoms with Gasteiger partial charge in [0, 0.05) is 0 Å². The number of aryl methyl sites for hydroxylation is 1. The van der Waals surface area contributed by atoms with Gasteiger partial charge in [-0.3, -0.25) is 0 Å². The van der Waals surface area contributed by atoms with Crippen LogP contribution in [-0.2, 0) is 6.42 Å². The van der Waals surface area contributed by atoms with Gasteiger partial charge in [-0.1, -0.05) is 69.3 Å². The number of aliphatic hydroxyl groups excluding tert-OH is 1. The van der Waals surface area contributed by atoms with Gasteiger partial charge in [0.05, 0.1) is 6.10 Å². The van der Waals surface area contributed by atoms with Gasteiger partial charge < -0.3 is 5.11 Å². The Morgan fingerprint density at radius 3 is 2.70 bits per heavy atom. The third kappa shape index (κ3) is 3.15. The van der Waals surface area contributed by atoms with Crippen LogP contribution in [0.5, 0.6) is 0 Å². The minimum atomic E-state index is -0.117. The topological polar surface area (TPSA) is 20.2 Å². The van der Waals surface area contributed by atoms with Crippen molar-refractivity contribution < 1.29 is 5.11 Å². The molecule has 8 atom stereocenters. The van der Waals surface area contributed by atoms with E-state index >= 15 is 0 Å². The predicted octanol–water partition coefficient (Wildman–Crippen LogP) is 6.97. The van der Waals surface area contributed by atoms with Crippen molar-refractivity contribution in [2.45, 2.75) is 78.2 Å². The molecule has 1 N–H and O–H groups in total. The highest BCUT2D eigenvalue weighted by Gasteiger charge is 2.61. The molecule has 30 heavy (non-hydrogen) atoms. The number of aliphatic hydroxyl groups is 1. The molecule has 0 aromatic heterocycles. The number of hydrogen-bond donors (Lipinski definition) is 1. The summed E-state index contributed by atoms with van der Waals surface area (Å²) in [6.45, 7) is 7.52. The van der Waals surface area contributed by atoms with E-state index < -0.39 is 0 Å². The molecule has 1 heteroatoms. The average Bonchev–Trinajstić information content (AvgIpc) is 3.02. The quantitative estimate of drug-likeness (QED) is 0.574. The molecule has 4 aliphatic rings. The summed E-state index contributed by atoms with van der Waals surface area (Å²) in [5, 5.41) is 11.3. The molecular weight excluding hydrogens is 364 g/mol. The minimum Gasteiger partial charge on any atom is -0.393 e. The van der Waals surface area contributed by atoms with Crippen LogP contribution in [0.4, 0.5) is 0 Å². The summed E-state index contributed by atoms with van der Waals surface area (Å²) in [5.74, 6) is 3.30. The monoisotopic (exact) mass is 404 g/mol. The molecule has 0 bridgehead atoms. The summed E-state index contributed by atoms with van der Waals surface area (Å²) in [7, 11) is 0. The van der Waals surface area contributed by atoms with Crippen molar-refractivity contribution in [1.82, 2.24) is 0 Å². The van der Waals surface area contributed by atoms with E-state index in [-0.39, 0.29) is 6.10 Å². The van der Waals surface area contributed by atoms with Crippen LogP contribution in [0.15, 0.2) is 54.1 Å². The molecule has 1 aromatic rings. The lowest BCUT2D eigenvalue weighted by Gasteiger charge is -2.57. The highest BCUT2D eigenvalue weighted by atomic mass is 16.3. The van der Waals surface area contributed by atoms with Crippen molar-refractivity contribution in [3.8, 4) is 0 Å². The number of allylic oxidation sites excluding steroid dienone is 4. The van der Waals surface area contributed by atoms with Crippen LogP contribution in [0.25, 0.3) is 0 Å². The van der Waals surface area contributed by atoms with Gasteiger partial charge >= 0.3 is 0 Å². The maximum Gasteiger partial charge on any atom is 0.0579 e. The summed E-state index contributed by atoms with van der Waals surface area (Å²) in [5.41, 5.74) is 3.74. The Bertz CT molecular complexity index is 822. The van der Waals surface area contributed by atoms with E-state index in [1.165, 1.54) is 44.1 Å². The molecule has 5 rings (SSSR count). The first-order valence-corrected chi connectivity index (χ1v) is 12.5. The van der Waals surface area contributed by atoms with Crippen molar-refractivity contribution in [1.29, 1.82) is 0 Å². The molecule has 2 fully saturated rings. The first-order valence-electron chi connectivity index (χ1n) is 12.5. The Kier molecular flexibility index (Phi) is 5.25. The lowest BCUT2D eigenvalue weighted by Crippen LogP contribution is -2.49. The number of fused-ring (bicyclic) bond motifs is 5. The maximum atomic E-state index is 11.3. The predicted molar refractivity (Wildman–Crippen MR) is 125 cm³/mol. The van der Waals surface area contributed by atoms with Gasteiger partial charge in [0.1, 0.15) is 0 Å². The van der Waals surface area contributed by atoms with Crippen LogP contribution in [0.1, 0.15) is 71.3 Å². The Hall–Kier alpha value is -1.34. The van der Waals surface area contributed by atoms with Crippen LogP contribution in [0.3, 0.4) is 0 Å². The molecular formula is C29H40O. The van der Waals surface area contributed by atoms with Crippen LogP contribution < -0.4 is 0 Å². The molecule has 2 saturated carbocycles. The fraction of sp³-hybridized carbons (Fsp3) is 0.655. The van der Waals surface area contributed by atoms with Gasteiger partial charge in [-0.2, -0.15) is 0 Å². The van der Waals surface area contributed by atoms with Crippen LogP contribution in [0, 0.1) is 40.4 Å². The van der Waals surface area contributed by atoms with E-state index in [2.05, 4.69) is 69.3 Å². The molecule has 4 aliphatic carbocycles. The van der Waals surface area contributed by atoms with Gasteiger partial charge in [-0.15, -0.1) is 0 Å². The fourth-order valence-corrected chi connectivity index (χ4v) is 8.60. The second kappa shape index (κ2) is 7.66. The summed E-state index contributed by atoms with van der Waals surface area (Å²) < 4.78 is 0. The molecule has 1 nitrogen and oxygen atoms in total. The maximum absolute atomic E-state index is 11.3. The Labute approximate surface area is 183 Å². The molecule has 1 unspecified atom stereocenters. The second-order valence-electron chi connectivity index (χ2n) is 11.5. The molecule has 0 saturated heterocycles. The lowest BCUT2D eigenvalue weighted by molar-refractivity contribution is -0.0514. The summed E-state index contributed by atoms with van der Waals surface area (Å²) in [6, 6.07) is 10.9. The van der Waals surface area contributed by atoms with Crippen molar-refractivity contribution in [2.24, 2.45) is 40.4 Å². The smallest absolute Gasteiger partial charge is 0.0579 e. The van der Waals surface area contributed by atoms with Crippen LogP contribution in [-0.4, -0.2) is 11.2 Å². The summed E-state index contributed by atoms with van der Waals surface area (Å²) in [4.78, 5) is 0. The van der Waals surface area contributed by atoms with Crippen molar-refractivity contribution in [3.05, 3.63) is 59.7 Å². The van der Waals surface area contributed by atoms with E-state index in [1.54, 1.807) is 5.57 Å². The van der Waals surface area contributed by atoms with Crippen molar-refractivity contribution >= 4 is 0 Å². The number of benzene rings is 1. The van der Waals surface area contributed by atoms with E-state index in [0.717, 1.165) is 24.7 Å². The molecule has 1 aromatic carbocycles. The molecule has 0 radical (unpaired) electrons. The van der Waals surface area contributed by atoms with Gasteiger partial charge in [-0.25, -0.2) is 0 Å².